The molecule has 2 rings (SSSR count). The van der Waals surface area contributed by atoms with Gasteiger partial charge >= 0.3 is 0 Å². The minimum atomic E-state index is 0.0702. The van der Waals surface area contributed by atoms with Gasteiger partial charge in [0.2, 0.25) is 0 Å². The molecule has 1 fully saturated rings. The number of hydrogen-bond acceptors (Lipinski definition) is 1. The quantitative estimate of drug-likeness (QED) is 0.610. The van der Waals surface area contributed by atoms with E-state index in [1.807, 2.05) is 6.07 Å². The lowest BCUT2D eigenvalue weighted by Gasteiger charge is -2.38. The van der Waals surface area contributed by atoms with Gasteiger partial charge in [-0.1, -0.05) is 38.5 Å². The van der Waals surface area contributed by atoms with E-state index >= 15 is 0 Å². The molecule has 0 N–H and O–H groups in total. The monoisotopic (exact) mass is 308 g/mol. The van der Waals surface area contributed by atoms with Crippen LogP contribution in [-0.2, 0) is 0 Å². The second kappa shape index (κ2) is 6.60. The van der Waals surface area contributed by atoms with Crippen LogP contribution in [0.4, 0.5) is 0 Å². The lowest BCUT2D eigenvalue weighted by Crippen LogP contribution is -2.27. The predicted octanol–water partition coefficient (Wildman–Crippen LogP) is 6.14. The number of rotatable bonds is 3. The Hall–Kier alpha value is -0.690. The zero-order valence-corrected chi connectivity index (χ0v) is 14.8. The van der Waals surface area contributed by atoms with E-state index in [1.54, 1.807) is 7.11 Å². The van der Waals surface area contributed by atoms with Crippen LogP contribution in [-0.4, -0.2) is 7.11 Å². The Morgan fingerprint density at radius 3 is 2.29 bits per heavy atom. The van der Waals surface area contributed by atoms with Crippen LogP contribution in [0.15, 0.2) is 18.2 Å². The van der Waals surface area contributed by atoms with Crippen LogP contribution in [0.2, 0.25) is 0 Å². The van der Waals surface area contributed by atoms with Crippen LogP contribution in [0.5, 0.6) is 5.75 Å². The van der Waals surface area contributed by atoms with Gasteiger partial charge in [0.15, 0.2) is 0 Å². The Morgan fingerprint density at radius 1 is 1.14 bits per heavy atom. The summed E-state index contributed by atoms with van der Waals surface area (Å²) in [6.07, 6.45) is 5.05. The number of hydrogen-bond donors (Lipinski definition) is 0. The first-order chi connectivity index (χ1) is 9.82. The third-order valence-corrected chi connectivity index (χ3v) is 5.68. The maximum atomic E-state index is 6.82. The van der Waals surface area contributed by atoms with Crippen molar-refractivity contribution in [1.29, 1.82) is 0 Å². The van der Waals surface area contributed by atoms with Gasteiger partial charge in [-0.05, 0) is 55.9 Å². The molecule has 0 aliphatic heterocycles. The van der Waals surface area contributed by atoms with Gasteiger partial charge in [-0.25, -0.2) is 0 Å². The maximum absolute atomic E-state index is 6.82. The zero-order chi connectivity index (χ0) is 15.6. The average molecular weight is 309 g/mol. The maximum Gasteiger partial charge on any atom is 0.123 e. The first-order valence-electron chi connectivity index (χ1n) is 8.11. The van der Waals surface area contributed by atoms with E-state index in [1.165, 1.54) is 36.8 Å². The highest BCUT2D eigenvalue weighted by Gasteiger charge is 2.33. The van der Waals surface area contributed by atoms with Crippen molar-refractivity contribution in [2.24, 2.45) is 17.3 Å². The first kappa shape index (κ1) is 16.7. The molecule has 2 heteroatoms. The predicted molar refractivity (Wildman–Crippen MR) is 91.2 cm³/mol. The Morgan fingerprint density at radius 2 is 1.76 bits per heavy atom. The van der Waals surface area contributed by atoms with Gasteiger partial charge < -0.3 is 4.74 Å². The molecule has 1 aromatic carbocycles. The standard InChI is InChI=1S/C19H29ClO/c1-13-6-11-17(21-5)16(12-13)18(20)14-7-9-15(10-8-14)19(2,3)4/h6,11-12,14-15,18H,7-10H2,1-5H3. The summed E-state index contributed by atoms with van der Waals surface area (Å²) in [5, 5.41) is 0.0702. The molecule has 118 valence electrons. The average Bonchev–Trinajstić information content (AvgIpc) is 2.45. The Kier molecular flexibility index (Phi) is 5.24. The first-order valence-corrected chi connectivity index (χ1v) is 8.55. The van der Waals surface area contributed by atoms with Crippen molar-refractivity contribution in [2.75, 3.05) is 7.11 Å². The fraction of sp³-hybridized carbons (Fsp3) is 0.684. The number of ether oxygens (including phenoxy) is 1. The number of benzene rings is 1. The highest BCUT2D eigenvalue weighted by Crippen LogP contribution is 2.47. The summed E-state index contributed by atoms with van der Waals surface area (Å²) < 4.78 is 5.50. The fourth-order valence-corrected chi connectivity index (χ4v) is 4.02. The summed E-state index contributed by atoms with van der Waals surface area (Å²) in [4.78, 5) is 0. The zero-order valence-electron chi connectivity index (χ0n) is 14.1. The van der Waals surface area contributed by atoms with E-state index in [4.69, 9.17) is 16.3 Å². The molecular formula is C19H29ClO. The number of aryl methyl sites for hydroxylation is 1. The summed E-state index contributed by atoms with van der Waals surface area (Å²) in [6, 6.07) is 6.32. The third kappa shape index (κ3) is 3.94. The highest BCUT2D eigenvalue weighted by atomic mass is 35.5. The number of methoxy groups -OCH3 is 1. The van der Waals surface area contributed by atoms with Crippen molar-refractivity contribution in [3.05, 3.63) is 29.3 Å². The van der Waals surface area contributed by atoms with E-state index in [0.29, 0.717) is 11.3 Å². The van der Waals surface area contributed by atoms with E-state index in [-0.39, 0.29) is 5.38 Å². The van der Waals surface area contributed by atoms with Crippen LogP contribution < -0.4 is 4.74 Å². The lowest BCUT2D eigenvalue weighted by molar-refractivity contribution is 0.148. The van der Waals surface area contributed by atoms with Crippen LogP contribution in [0.3, 0.4) is 0 Å². The van der Waals surface area contributed by atoms with Crippen molar-refractivity contribution >= 4 is 11.6 Å². The molecule has 0 amide bonds. The van der Waals surface area contributed by atoms with Crippen LogP contribution in [0.25, 0.3) is 0 Å². The smallest absolute Gasteiger partial charge is 0.123 e. The third-order valence-electron chi connectivity index (χ3n) is 5.09. The molecule has 0 spiro atoms. The van der Waals surface area contributed by atoms with E-state index in [0.717, 1.165) is 11.7 Å². The van der Waals surface area contributed by atoms with E-state index in [2.05, 4.69) is 39.8 Å². The van der Waals surface area contributed by atoms with Gasteiger partial charge in [0, 0.05) is 5.56 Å². The number of halogens is 1. The fourth-order valence-electron chi connectivity index (χ4n) is 3.60. The van der Waals surface area contributed by atoms with Crippen molar-refractivity contribution in [3.8, 4) is 5.75 Å². The Bertz CT molecular complexity index is 467. The molecule has 1 aliphatic carbocycles. The highest BCUT2D eigenvalue weighted by molar-refractivity contribution is 6.21. The van der Waals surface area contributed by atoms with Gasteiger partial charge in [-0.3, -0.25) is 0 Å². The molecule has 1 aliphatic rings. The van der Waals surface area contributed by atoms with Gasteiger partial charge in [-0.15, -0.1) is 11.6 Å². The van der Waals surface area contributed by atoms with Crippen LogP contribution in [0.1, 0.15) is 63.0 Å². The molecule has 1 saturated carbocycles. The molecule has 0 saturated heterocycles. The normalized spacial score (nSPS) is 24.7. The molecule has 0 aromatic heterocycles. The topological polar surface area (TPSA) is 9.23 Å². The molecule has 1 atom stereocenters. The van der Waals surface area contributed by atoms with Gasteiger partial charge in [-0.2, -0.15) is 0 Å². The Labute approximate surface area is 135 Å². The van der Waals surface area contributed by atoms with Crippen LogP contribution >= 0.6 is 11.6 Å². The van der Waals surface area contributed by atoms with Gasteiger partial charge in [0.1, 0.15) is 5.75 Å². The van der Waals surface area contributed by atoms with Crippen molar-refractivity contribution in [3.63, 3.8) is 0 Å². The van der Waals surface area contributed by atoms with Crippen molar-refractivity contribution < 1.29 is 4.74 Å². The van der Waals surface area contributed by atoms with Gasteiger partial charge in [0.05, 0.1) is 12.5 Å². The summed E-state index contributed by atoms with van der Waals surface area (Å²) >= 11 is 6.82. The summed E-state index contributed by atoms with van der Waals surface area (Å²) in [6.45, 7) is 9.20. The van der Waals surface area contributed by atoms with E-state index in [9.17, 15) is 0 Å². The van der Waals surface area contributed by atoms with Gasteiger partial charge in [0.25, 0.3) is 0 Å². The molecule has 1 unspecified atom stereocenters. The SMILES string of the molecule is COc1ccc(C)cc1C(Cl)C1CCC(C(C)(C)C)CC1. The summed E-state index contributed by atoms with van der Waals surface area (Å²) in [7, 11) is 1.73. The molecule has 1 aromatic rings. The summed E-state index contributed by atoms with van der Waals surface area (Å²) in [5.41, 5.74) is 2.84. The van der Waals surface area contributed by atoms with Crippen molar-refractivity contribution in [1.82, 2.24) is 0 Å². The van der Waals surface area contributed by atoms with Crippen molar-refractivity contribution in [2.45, 2.75) is 58.8 Å². The Balaban J connectivity index is 2.08. The minimum Gasteiger partial charge on any atom is -0.496 e. The summed E-state index contributed by atoms with van der Waals surface area (Å²) in [5.74, 6) is 2.33. The lowest BCUT2D eigenvalue weighted by atomic mass is 9.69. The molecular weight excluding hydrogens is 280 g/mol. The molecule has 0 radical (unpaired) electrons. The molecule has 21 heavy (non-hydrogen) atoms. The molecule has 1 nitrogen and oxygen atoms in total. The minimum absolute atomic E-state index is 0.0702. The van der Waals surface area contributed by atoms with Crippen LogP contribution in [0, 0.1) is 24.2 Å². The molecule has 0 bridgehead atoms. The second-order valence-electron chi connectivity index (χ2n) is 7.62. The van der Waals surface area contributed by atoms with E-state index < -0.39 is 0 Å². The second-order valence-corrected chi connectivity index (χ2v) is 8.10. The number of alkyl halides is 1. The largest absolute Gasteiger partial charge is 0.496 e. The molecule has 0 heterocycles.